The van der Waals surface area contributed by atoms with E-state index in [1.807, 2.05) is 31.9 Å². The van der Waals surface area contributed by atoms with Crippen LogP contribution in [0.5, 0.6) is 0 Å². The highest BCUT2D eigenvalue weighted by molar-refractivity contribution is 6.36. The molecule has 1 aliphatic carbocycles. The fraction of sp³-hybridized carbons (Fsp3) is 0.711. The van der Waals surface area contributed by atoms with Crippen LogP contribution in [0.4, 0.5) is 10.6 Å². The second kappa shape index (κ2) is 12.7. The summed E-state index contributed by atoms with van der Waals surface area (Å²) in [7, 11) is 0. The number of carbonyl (C=O) groups excluding carboxylic acids is 1. The summed E-state index contributed by atoms with van der Waals surface area (Å²) in [6, 6.07) is 2.33. The molecule has 1 unspecified atom stereocenters. The lowest BCUT2D eigenvalue weighted by atomic mass is 9.72. The van der Waals surface area contributed by atoms with E-state index in [2.05, 4.69) is 46.0 Å². The first-order valence-electron chi connectivity index (χ1n) is 18.8. The quantitative estimate of drug-likeness (QED) is 0.274. The molecule has 0 N–H and O–H groups in total. The summed E-state index contributed by atoms with van der Waals surface area (Å²) in [6.07, 6.45) is 9.99. The lowest BCUT2D eigenvalue weighted by molar-refractivity contribution is -0.143. The molecule has 1 saturated carbocycles. The van der Waals surface area contributed by atoms with Gasteiger partial charge in [-0.25, -0.2) is 9.48 Å². The Morgan fingerprint density at radius 2 is 1.76 bits per heavy atom. The Hall–Kier alpha value is -2.86. The fourth-order valence-electron chi connectivity index (χ4n) is 9.00. The van der Waals surface area contributed by atoms with Gasteiger partial charge in [0.15, 0.2) is 12.0 Å². The van der Waals surface area contributed by atoms with Gasteiger partial charge in [-0.05, 0) is 105 Å². The largest absolute Gasteiger partial charge is 0.444 e. The summed E-state index contributed by atoms with van der Waals surface area (Å²) in [5.41, 5.74) is 4.93. The van der Waals surface area contributed by atoms with Gasteiger partial charge in [-0.1, -0.05) is 11.6 Å². The number of hydrogen-bond donors (Lipinski definition) is 0. The number of piperazine rings is 1. The summed E-state index contributed by atoms with van der Waals surface area (Å²) < 4.78 is 22.0. The molecule has 5 fully saturated rings. The van der Waals surface area contributed by atoms with Gasteiger partial charge in [0.2, 0.25) is 0 Å². The number of hydrogen-bond acceptors (Lipinski definition) is 8. The van der Waals surface area contributed by atoms with Crippen LogP contribution in [0.15, 0.2) is 12.3 Å². The lowest BCUT2D eigenvalue weighted by Gasteiger charge is -2.60. The minimum absolute atomic E-state index is 0.0207. The molecule has 3 aromatic rings. The van der Waals surface area contributed by atoms with E-state index in [4.69, 9.17) is 36.0 Å². The van der Waals surface area contributed by atoms with Crippen molar-refractivity contribution in [3.8, 4) is 11.1 Å². The number of fused-ring (bicyclic) bond motifs is 1. The van der Waals surface area contributed by atoms with Crippen LogP contribution in [0.1, 0.15) is 103 Å². The predicted molar refractivity (Wildman–Crippen MR) is 195 cm³/mol. The van der Waals surface area contributed by atoms with E-state index in [1.54, 1.807) is 0 Å². The number of ether oxygens (including phenoxy) is 3. The van der Waals surface area contributed by atoms with Crippen molar-refractivity contribution in [1.29, 1.82) is 0 Å². The number of likely N-dealkylation sites (tertiary alicyclic amines) is 1. The van der Waals surface area contributed by atoms with Crippen molar-refractivity contribution in [3.63, 3.8) is 0 Å². The van der Waals surface area contributed by atoms with E-state index < -0.39 is 5.60 Å². The highest BCUT2D eigenvalue weighted by Crippen LogP contribution is 2.51. The van der Waals surface area contributed by atoms with E-state index in [0.29, 0.717) is 13.1 Å². The number of aromatic nitrogens is 4. The van der Waals surface area contributed by atoms with Gasteiger partial charge >= 0.3 is 6.09 Å². The molecule has 1 aromatic carbocycles. The Bertz CT molecular complexity index is 1760. The highest BCUT2D eigenvalue weighted by atomic mass is 35.5. The topological polar surface area (TPSA) is 90.1 Å². The third-order valence-corrected chi connectivity index (χ3v) is 12.6. The predicted octanol–water partition coefficient (Wildman–Crippen LogP) is 7.27. The number of anilines is 1. The molecule has 2 aromatic heterocycles. The molecule has 1 atom stereocenters. The van der Waals surface area contributed by atoms with Crippen LogP contribution in [-0.4, -0.2) is 105 Å². The molecule has 1 amide bonds. The number of aryl methyl sites for hydroxylation is 1. The summed E-state index contributed by atoms with van der Waals surface area (Å²) in [5, 5.41) is 12.3. The van der Waals surface area contributed by atoms with Gasteiger partial charge in [0.05, 0.1) is 47.1 Å². The van der Waals surface area contributed by atoms with Crippen molar-refractivity contribution >= 4 is 34.4 Å². The zero-order valence-electron chi connectivity index (χ0n) is 30.8. The van der Waals surface area contributed by atoms with Crippen LogP contribution in [0.3, 0.4) is 0 Å². The molecule has 12 heteroatoms. The van der Waals surface area contributed by atoms with Crippen molar-refractivity contribution in [1.82, 2.24) is 29.4 Å². The van der Waals surface area contributed by atoms with Crippen molar-refractivity contribution < 1.29 is 19.0 Å². The molecule has 11 nitrogen and oxygen atoms in total. The van der Waals surface area contributed by atoms with Crippen LogP contribution in [0, 0.1) is 13.8 Å². The van der Waals surface area contributed by atoms with Crippen molar-refractivity contribution in [2.45, 2.75) is 122 Å². The molecule has 6 heterocycles. The zero-order chi connectivity index (χ0) is 35.0. The summed E-state index contributed by atoms with van der Waals surface area (Å²) in [4.78, 5) is 20.1. The van der Waals surface area contributed by atoms with Gasteiger partial charge in [0, 0.05) is 61.5 Å². The Labute approximate surface area is 301 Å². The minimum Gasteiger partial charge on any atom is -0.444 e. The average molecular weight is 708 g/mol. The lowest BCUT2D eigenvalue weighted by Crippen LogP contribution is -2.72. The van der Waals surface area contributed by atoms with Gasteiger partial charge < -0.3 is 24.0 Å². The monoisotopic (exact) mass is 707 g/mol. The van der Waals surface area contributed by atoms with Crippen molar-refractivity contribution in [2.75, 3.05) is 57.4 Å². The van der Waals surface area contributed by atoms with Gasteiger partial charge in [-0.2, -0.15) is 10.2 Å². The van der Waals surface area contributed by atoms with Crippen LogP contribution >= 0.6 is 11.6 Å². The van der Waals surface area contributed by atoms with Gasteiger partial charge in [-0.15, -0.1) is 0 Å². The molecule has 50 heavy (non-hydrogen) atoms. The molecule has 8 rings (SSSR count). The van der Waals surface area contributed by atoms with Crippen LogP contribution in [-0.2, 0) is 14.2 Å². The Morgan fingerprint density at radius 3 is 2.38 bits per heavy atom. The second-order valence-electron chi connectivity index (χ2n) is 16.8. The molecule has 0 radical (unpaired) electrons. The maximum atomic E-state index is 12.9. The van der Waals surface area contributed by atoms with Crippen LogP contribution in [0.2, 0.25) is 5.02 Å². The molecular formula is C38H54ClN7O4. The van der Waals surface area contributed by atoms with Crippen molar-refractivity contribution in [3.05, 3.63) is 28.5 Å². The first-order valence-corrected chi connectivity index (χ1v) is 19.2. The maximum absolute atomic E-state index is 12.9. The van der Waals surface area contributed by atoms with Gasteiger partial charge in [0.1, 0.15) is 5.60 Å². The number of piperidine rings is 1. The molecule has 4 saturated heterocycles. The van der Waals surface area contributed by atoms with E-state index in [9.17, 15) is 4.79 Å². The normalized spacial score (nSPS) is 24.4. The van der Waals surface area contributed by atoms with E-state index in [0.717, 1.165) is 129 Å². The molecular weight excluding hydrogens is 654 g/mol. The second-order valence-corrected chi connectivity index (χ2v) is 17.2. The summed E-state index contributed by atoms with van der Waals surface area (Å²) in [6.45, 7) is 18.9. The van der Waals surface area contributed by atoms with Crippen molar-refractivity contribution in [2.24, 2.45) is 0 Å². The first-order chi connectivity index (χ1) is 23.9. The Morgan fingerprint density at radius 1 is 1.00 bits per heavy atom. The fourth-order valence-corrected chi connectivity index (χ4v) is 9.26. The highest BCUT2D eigenvalue weighted by Gasteiger charge is 2.53. The number of halogens is 1. The number of carbonyl (C=O) groups is 1. The third-order valence-electron chi connectivity index (χ3n) is 12.1. The minimum atomic E-state index is -0.518. The number of rotatable bonds is 5. The zero-order valence-corrected chi connectivity index (χ0v) is 31.5. The average Bonchev–Trinajstić information content (AvgIpc) is 3.63. The van der Waals surface area contributed by atoms with Crippen LogP contribution < -0.4 is 4.90 Å². The first kappa shape index (κ1) is 34.2. The molecule has 272 valence electrons. The van der Waals surface area contributed by atoms with E-state index >= 15 is 0 Å². The number of amides is 1. The molecule has 0 bridgehead atoms. The SMILES string of the molecule is Cc1cc2c(cnn2C2CCCCO2)c(-c2c(N3CCN(C4(C)COC4)CC34CCC4)nn(C3CCN(C(=O)OC(C)(C)C)CC3)c2C)c1Cl. The van der Waals surface area contributed by atoms with Crippen LogP contribution in [0.25, 0.3) is 22.0 Å². The smallest absolute Gasteiger partial charge is 0.410 e. The summed E-state index contributed by atoms with van der Waals surface area (Å²) in [5.74, 6) is 1.03. The van der Waals surface area contributed by atoms with E-state index in [1.165, 1.54) is 6.42 Å². The molecule has 5 aliphatic rings. The Balaban J connectivity index is 1.21. The van der Waals surface area contributed by atoms with Gasteiger partial charge in [-0.3, -0.25) is 9.58 Å². The maximum Gasteiger partial charge on any atom is 0.410 e. The summed E-state index contributed by atoms with van der Waals surface area (Å²) >= 11 is 7.41. The standard InChI is InChI=1S/C38H54ClN7O4/c1-25-20-29-28(21-40-46(29)30-10-7-8-19-49-30)32(33(25)39)31-26(2)45(27-11-15-42(16-12-27)35(47)50-36(3,4)5)41-34(31)44-18-17-43(37(6)23-48-24-37)22-38(44)13-9-14-38/h20-21,27,30H,7-19,22-24H2,1-6H3. The third kappa shape index (κ3) is 5.80. The molecule has 4 aliphatic heterocycles. The molecule has 1 spiro atoms. The van der Waals surface area contributed by atoms with E-state index in [-0.39, 0.29) is 29.4 Å². The Kier molecular flexibility index (Phi) is 8.68. The van der Waals surface area contributed by atoms with Gasteiger partial charge in [0.25, 0.3) is 0 Å². The number of benzene rings is 1. The number of nitrogens with zero attached hydrogens (tertiary/aromatic N) is 7.